The van der Waals surface area contributed by atoms with Crippen molar-refractivity contribution >= 4 is 21.6 Å². The molecule has 0 aliphatic carbocycles. The fourth-order valence-electron chi connectivity index (χ4n) is 2.98. The summed E-state index contributed by atoms with van der Waals surface area (Å²) in [6.45, 7) is 1.37. The molecular weight excluding hydrogens is 449 g/mol. The number of carbonyl (C=O) groups is 1. The molecule has 0 bridgehead atoms. The fourth-order valence-corrected chi connectivity index (χ4v) is 4.52. The number of rotatable bonds is 7. The van der Waals surface area contributed by atoms with Crippen LogP contribution in [-0.2, 0) is 27.8 Å². The molecule has 0 fully saturated rings. The van der Waals surface area contributed by atoms with Crippen LogP contribution in [0.1, 0.15) is 16.7 Å². The summed E-state index contributed by atoms with van der Waals surface area (Å²) in [6, 6.07) is 15.0. The molecule has 0 saturated heterocycles. The van der Waals surface area contributed by atoms with Gasteiger partial charge in [0.2, 0.25) is 5.91 Å². The van der Waals surface area contributed by atoms with Gasteiger partial charge in [0.25, 0.3) is 10.0 Å². The van der Waals surface area contributed by atoms with Crippen molar-refractivity contribution in [3.05, 3.63) is 100 Å². The number of amides is 1. The predicted molar refractivity (Wildman–Crippen MR) is 113 cm³/mol. The predicted octanol–water partition coefficient (Wildman–Crippen LogP) is 0.829. The van der Waals surface area contributed by atoms with Gasteiger partial charge in [0, 0.05) is 0 Å². The molecule has 0 saturated carbocycles. The summed E-state index contributed by atoms with van der Waals surface area (Å²) in [5.74, 6) is -1.69. The Balaban J connectivity index is 0.00000363. The van der Waals surface area contributed by atoms with Crippen molar-refractivity contribution in [3.8, 4) is 0 Å². The maximum absolute atomic E-state index is 13.7. The second-order valence-electron chi connectivity index (χ2n) is 6.92. The number of hydroxylamine groups is 1. The van der Waals surface area contributed by atoms with E-state index in [0.29, 0.717) is 11.1 Å². The molecule has 0 unspecified atom stereocenters. The van der Waals surface area contributed by atoms with E-state index in [2.05, 4.69) is 0 Å². The second kappa shape index (κ2) is 11.0. The van der Waals surface area contributed by atoms with Crippen LogP contribution < -0.4 is 39.3 Å². The van der Waals surface area contributed by atoms with Gasteiger partial charge in [0.15, 0.2) is 0 Å². The molecule has 32 heavy (non-hydrogen) atoms. The average Bonchev–Trinajstić information content (AvgIpc) is 2.75. The van der Waals surface area contributed by atoms with Crippen LogP contribution in [-0.4, -0.2) is 14.3 Å². The van der Waals surface area contributed by atoms with Crippen LogP contribution in [0.5, 0.6) is 0 Å². The number of nitrogens with zero attached hydrogens (tertiary/aromatic N) is 1. The summed E-state index contributed by atoms with van der Waals surface area (Å²) in [5, 5.41) is 10.4. The van der Waals surface area contributed by atoms with Crippen LogP contribution in [0, 0.1) is 23.8 Å². The number of hydrogen-bond acceptors (Lipinski definition) is 4. The topological polar surface area (TPSA) is 89.5 Å². The van der Waals surface area contributed by atoms with Gasteiger partial charge in [-0.1, -0.05) is 24.3 Å². The van der Waals surface area contributed by atoms with E-state index in [0.717, 1.165) is 10.4 Å². The van der Waals surface area contributed by atoms with Crippen LogP contribution in [0.15, 0.2) is 71.6 Å². The zero-order valence-electron chi connectivity index (χ0n) is 17.5. The van der Waals surface area contributed by atoms with Gasteiger partial charge in [-0.3, -0.25) is 9.10 Å². The normalized spacial score (nSPS) is 10.9. The molecule has 1 amide bonds. The first-order valence-electron chi connectivity index (χ1n) is 9.24. The third-order valence-electron chi connectivity index (χ3n) is 4.66. The van der Waals surface area contributed by atoms with Crippen molar-refractivity contribution in [2.75, 3.05) is 4.31 Å². The molecule has 0 aliphatic heterocycles. The molecule has 0 aliphatic rings. The molecule has 3 aromatic carbocycles. The number of halogens is 2. The van der Waals surface area contributed by atoms with Crippen LogP contribution in [0.2, 0.25) is 0 Å². The van der Waals surface area contributed by atoms with Crippen LogP contribution >= 0.6 is 0 Å². The summed E-state index contributed by atoms with van der Waals surface area (Å²) in [4.78, 5) is 11.2. The molecule has 10 heteroatoms. The van der Waals surface area contributed by atoms with E-state index in [4.69, 9.17) is 0 Å². The van der Waals surface area contributed by atoms with E-state index in [1.807, 2.05) is 0 Å². The Morgan fingerprint density at radius 1 is 0.969 bits per heavy atom. The average molecular weight is 468 g/mol. The first-order chi connectivity index (χ1) is 14.7. The minimum atomic E-state index is -4.10. The van der Waals surface area contributed by atoms with Gasteiger partial charge < -0.3 is 10.7 Å². The standard InChI is InChI=1S/C22H19F2N2O4S.Na/c1-15-12-20(10-11-21(15)24)31(29,30)26(14-17-2-6-18(23)7-3-17)19-8-4-16(5-9-19)13-22(27)25-28;/h2-12H,13-14H2,1H3,(H-,25,27,28);/q-1;+1. The van der Waals surface area contributed by atoms with Crippen molar-refractivity contribution < 1.29 is 51.6 Å². The quantitative estimate of drug-likeness (QED) is 0.411. The molecule has 0 radical (unpaired) electrons. The summed E-state index contributed by atoms with van der Waals surface area (Å²) in [5.41, 5.74) is 2.82. The molecule has 3 aromatic rings. The fraction of sp³-hybridized carbons (Fsp3) is 0.136. The Morgan fingerprint density at radius 2 is 1.56 bits per heavy atom. The van der Waals surface area contributed by atoms with Gasteiger partial charge in [-0.05, 0) is 66.1 Å². The zero-order chi connectivity index (χ0) is 22.6. The number of nitrogens with one attached hydrogen (secondary N) is 1. The number of hydrogen-bond donors (Lipinski definition) is 1. The van der Waals surface area contributed by atoms with E-state index < -0.39 is 27.6 Å². The SMILES string of the molecule is Cc1cc(S(=O)(=O)N(Cc2ccc(F)cc2)c2ccc(CC(=O)N[O-])cc2)ccc1F.[Na+]. The van der Waals surface area contributed by atoms with E-state index in [1.165, 1.54) is 73.1 Å². The molecule has 0 aromatic heterocycles. The van der Waals surface area contributed by atoms with Gasteiger partial charge in [0.1, 0.15) is 11.6 Å². The summed E-state index contributed by atoms with van der Waals surface area (Å²) < 4.78 is 54.9. The molecule has 162 valence electrons. The van der Waals surface area contributed by atoms with Gasteiger partial charge in [-0.2, -0.15) is 0 Å². The van der Waals surface area contributed by atoms with Crippen LogP contribution in [0.4, 0.5) is 14.5 Å². The van der Waals surface area contributed by atoms with Crippen molar-refractivity contribution in [3.63, 3.8) is 0 Å². The molecule has 1 N–H and O–H groups in total. The van der Waals surface area contributed by atoms with E-state index in [1.54, 1.807) is 0 Å². The number of aryl methyl sites for hydroxylation is 1. The van der Waals surface area contributed by atoms with Crippen LogP contribution in [0.25, 0.3) is 0 Å². The van der Waals surface area contributed by atoms with Crippen LogP contribution in [0.3, 0.4) is 0 Å². The van der Waals surface area contributed by atoms with Gasteiger partial charge in [0.05, 0.1) is 23.5 Å². The number of sulfonamides is 1. The van der Waals surface area contributed by atoms with Gasteiger partial charge >= 0.3 is 29.6 Å². The summed E-state index contributed by atoms with van der Waals surface area (Å²) in [6.07, 6.45) is -0.147. The Hall–Kier alpha value is -2.30. The molecule has 0 atom stereocenters. The molecule has 3 rings (SSSR count). The van der Waals surface area contributed by atoms with E-state index in [-0.39, 0.29) is 58.7 Å². The third kappa shape index (κ3) is 6.14. The van der Waals surface area contributed by atoms with Crippen molar-refractivity contribution in [2.24, 2.45) is 0 Å². The second-order valence-corrected chi connectivity index (χ2v) is 8.78. The monoisotopic (exact) mass is 468 g/mol. The van der Waals surface area contributed by atoms with Gasteiger partial charge in [-0.15, -0.1) is 0 Å². The van der Waals surface area contributed by atoms with Gasteiger partial charge in [-0.25, -0.2) is 17.2 Å². The Kier molecular flexibility index (Phi) is 8.94. The first-order valence-corrected chi connectivity index (χ1v) is 10.7. The van der Waals surface area contributed by atoms with Crippen molar-refractivity contribution in [2.45, 2.75) is 24.8 Å². The Morgan fingerprint density at radius 3 is 2.12 bits per heavy atom. The summed E-state index contributed by atoms with van der Waals surface area (Å²) in [7, 11) is -4.10. The molecule has 0 heterocycles. The third-order valence-corrected chi connectivity index (χ3v) is 6.43. The Labute approximate surface area is 207 Å². The summed E-state index contributed by atoms with van der Waals surface area (Å²) >= 11 is 0. The first kappa shape index (κ1) is 26.0. The minimum absolute atomic E-state index is 0. The maximum atomic E-state index is 13.7. The molecule has 0 spiro atoms. The molecule has 6 nitrogen and oxygen atoms in total. The van der Waals surface area contributed by atoms with E-state index >= 15 is 0 Å². The largest absolute Gasteiger partial charge is 1.00 e. The number of anilines is 1. The smallest absolute Gasteiger partial charge is 0.759 e. The number of benzene rings is 3. The van der Waals surface area contributed by atoms with E-state index in [9.17, 15) is 27.2 Å². The maximum Gasteiger partial charge on any atom is 1.00 e. The Bertz CT molecular complexity index is 1190. The zero-order valence-corrected chi connectivity index (χ0v) is 20.3. The van der Waals surface area contributed by atoms with Crippen molar-refractivity contribution in [1.82, 2.24) is 5.48 Å². The minimum Gasteiger partial charge on any atom is -0.759 e. The molecular formula is C22H19F2N2NaO4S. The van der Waals surface area contributed by atoms with Crippen molar-refractivity contribution in [1.29, 1.82) is 0 Å². The number of carbonyl (C=O) groups excluding carboxylic acids is 1.